The number of aromatic amines is 2. The van der Waals surface area contributed by atoms with Gasteiger partial charge < -0.3 is 15.4 Å². The molecule has 6 aromatic heterocycles. The summed E-state index contributed by atoms with van der Waals surface area (Å²) in [5.41, 5.74) is 10.2. The van der Waals surface area contributed by atoms with Crippen LogP contribution in [-0.4, -0.2) is 57.4 Å². The van der Waals surface area contributed by atoms with Crippen LogP contribution in [0.2, 0.25) is 0 Å². The summed E-state index contributed by atoms with van der Waals surface area (Å²) < 4.78 is 5.45. The van der Waals surface area contributed by atoms with Crippen LogP contribution in [-0.2, 0) is 0 Å². The van der Waals surface area contributed by atoms with Gasteiger partial charge >= 0.3 is 0 Å². The smallest absolute Gasteiger partial charge is 0.229 e. The summed E-state index contributed by atoms with van der Waals surface area (Å²) in [5.74, 6) is 1.85. The second kappa shape index (κ2) is 15.1. The molecule has 0 amide bonds. The summed E-state index contributed by atoms with van der Waals surface area (Å²) in [4.78, 5) is 26.4. The predicted molar refractivity (Wildman–Crippen MR) is 202 cm³/mol. The number of benzene rings is 2. The maximum Gasteiger partial charge on any atom is 0.229 e. The Morgan fingerprint density at radius 1 is 0.627 bits per heavy atom. The number of methoxy groups -OCH3 is 1. The molecule has 0 aliphatic rings. The van der Waals surface area contributed by atoms with E-state index in [-0.39, 0.29) is 0 Å². The fourth-order valence-corrected chi connectivity index (χ4v) is 6.56. The first kappa shape index (κ1) is 33.2. The van der Waals surface area contributed by atoms with E-state index in [1.165, 1.54) is 28.2 Å². The van der Waals surface area contributed by atoms with Gasteiger partial charge in [-0.3, -0.25) is 10.2 Å². The van der Waals surface area contributed by atoms with Gasteiger partial charge in [0.2, 0.25) is 11.9 Å². The van der Waals surface area contributed by atoms with Crippen LogP contribution >= 0.6 is 22.7 Å². The van der Waals surface area contributed by atoms with Gasteiger partial charge in [-0.05, 0) is 51.1 Å². The summed E-state index contributed by atoms with van der Waals surface area (Å²) in [7, 11) is 1.65. The highest BCUT2D eigenvalue weighted by molar-refractivity contribution is 7.14. The van der Waals surface area contributed by atoms with Crippen LogP contribution in [0.4, 0.5) is 22.2 Å². The molecule has 0 unspecified atom stereocenters. The van der Waals surface area contributed by atoms with E-state index in [0.717, 1.165) is 72.4 Å². The predicted octanol–water partition coefficient (Wildman–Crippen LogP) is 8.40. The van der Waals surface area contributed by atoms with Crippen LogP contribution in [0, 0.1) is 20.8 Å². The number of hydrogen-bond acceptors (Lipinski definition) is 13. The van der Waals surface area contributed by atoms with Gasteiger partial charge in [-0.1, -0.05) is 35.9 Å². The topological polar surface area (TPSA) is 168 Å². The van der Waals surface area contributed by atoms with E-state index in [1.807, 2.05) is 79.5 Å². The fraction of sp³-hybridized carbons (Fsp3) is 0.111. The van der Waals surface area contributed by atoms with E-state index in [1.54, 1.807) is 19.5 Å². The summed E-state index contributed by atoms with van der Waals surface area (Å²) in [5, 5.41) is 26.4. The molecule has 13 nitrogen and oxygen atoms in total. The van der Waals surface area contributed by atoms with Gasteiger partial charge in [0.05, 0.1) is 18.5 Å². The quantitative estimate of drug-likeness (QED) is 0.113. The Bertz CT molecular complexity index is 2390. The van der Waals surface area contributed by atoms with Crippen molar-refractivity contribution in [3.8, 4) is 50.8 Å². The summed E-state index contributed by atoms with van der Waals surface area (Å²) >= 11 is 3.00. The Balaban J connectivity index is 0.000000159. The number of ether oxygens (including phenoxy) is 1. The number of aryl methyl sites for hydroxylation is 3. The second-order valence-corrected chi connectivity index (χ2v) is 13.0. The molecule has 0 saturated carbocycles. The van der Waals surface area contributed by atoms with Gasteiger partial charge in [-0.15, -0.1) is 22.7 Å². The normalized spacial score (nSPS) is 10.7. The highest BCUT2D eigenvalue weighted by Crippen LogP contribution is 2.37. The second-order valence-electron chi connectivity index (χ2n) is 11.2. The first-order valence-corrected chi connectivity index (χ1v) is 17.5. The SMILES string of the molecule is COc1ccccc1-c1n[nH]cc1-c1csc(Nc2nccc(C)n2)n1.Cc1cccc(-c2n[nH]cc2-c2csc(Nc3nccc(C)n3)n2)c1. The number of aromatic nitrogens is 10. The van der Waals surface area contributed by atoms with Gasteiger partial charge in [0.25, 0.3) is 0 Å². The van der Waals surface area contributed by atoms with Crippen LogP contribution in [0.1, 0.15) is 17.0 Å². The largest absolute Gasteiger partial charge is 0.496 e. The minimum Gasteiger partial charge on any atom is -0.496 e. The maximum atomic E-state index is 5.45. The molecule has 0 aliphatic heterocycles. The lowest BCUT2D eigenvalue weighted by molar-refractivity contribution is 0.416. The first-order valence-electron chi connectivity index (χ1n) is 15.8. The van der Waals surface area contributed by atoms with Crippen LogP contribution in [0.5, 0.6) is 5.75 Å². The third kappa shape index (κ3) is 7.79. The van der Waals surface area contributed by atoms with Crippen molar-refractivity contribution in [2.75, 3.05) is 17.7 Å². The average Bonchev–Trinajstić information content (AvgIpc) is 3.96. The van der Waals surface area contributed by atoms with E-state index in [2.05, 4.69) is 86.1 Å². The van der Waals surface area contributed by atoms with Crippen LogP contribution in [0.15, 0.2) is 96.2 Å². The van der Waals surface area contributed by atoms with E-state index in [4.69, 9.17) is 4.74 Å². The molecule has 0 radical (unpaired) electrons. The Hall–Kier alpha value is -6.32. The molecule has 0 fully saturated rings. The number of thiazole rings is 2. The Labute approximate surface area is 301 Å². The molecule has 0 bridgehead atoms. The number of H-pyrrole nitrogens is 2. The number of nitrogens with zero attached hydrogens (tertiary/aromatic N) is 8. The molecule has 51 heavy (non-hydrogen) atoms. The lowest BCUT2D eigenvalue weighted by Gasteiger charge is -2.06. The average molecular weight is 713 g/mol. The van der Waals surface area contributed by atoms with Gasteiger partial charge in [0, 0.05) is 69.2 Å². The number of rotatable bonds is 9. The van der Waals surface area contributed by atoms with Crippen molar-refractivity contribution in [3.05, 3.63) is 113 Å². The lowest BCUT2D eigenvalue weighted by Crippen LogP contribution is -1.97. The van der Waals surface area contributed by atoms with Crippen molar-refractivity contribution >= 4 is 44.8 Å². The molecule has 8 rings (SSSR count). The zero-order valence-corrected chi connectivity index (χ0v) is 29.7. The molecule has 0 atom stereocenters. The molecule has 15 heteroatoms. The first-order chi connectivity index (χ1) is 24.9. The molecule has 0 saturated heterocycles. The molecule has 0 spiro atoms. The number of hydrogen-bond donors (Lipinski definition) is 4. The van der Waals surface area contributed by atoms with Crippen molar-refractivity contribution in [2.45, 2.75) is 20.8 Å². The van der Waals surface area contributed by atoms with Gasteiger partial charge in [-0.2, -0.15) is 10.2 Å². The molecular formula is C36H32N12OS2. The fourth-order valence-electron chi connectivity index (χ4n) is 5.15. The Morgan fingerprint density at radius 3 is 1.80 bits per heavy atom. The monoisotopic (exact) mass is 712 g/mol. The summed E-state index contributed by atoms with van der Waals surface area (Å²) in [6, 6.07) is 19.8. The van der Waals surface area contributed by atoms with E-state index in [0.29, 0.717) is 11.9 Å². The van der Waals surface area contributed by atoms with E-state index < -0.39 is 0 Å². The van der Waals surface area contributed by atoms with Gasteiger partial charge in [0.15, 0.2) is 10.3 Å². The molecule has 4 N–H and O–H groups in total. The van der Waals surface area contributed by atoms with Crippen molar-refractivity contribution < 1.29 is 4.74 Å². The van der Waals surface area contributed by atoms with Crippen LogP contribution in [0.25, 0.3) is 45.0 Å². The van der Waals surface area contributed by atoms with E-state index >= 15 is 0 Å². The zero-order valence-electron chi connectivity index (χ0n) is 28.0. The molecular weight excluding hydrogens is 681 g/mol. The minimum absolute atomic E-state index is 0.531. The van der Waals surface area contributed by atoms with Crippen LogP contribution < -0.4 is 15.4 Å². The Morgan fingerprint density at radius 2 is 1.22 bits per heavy atom. The molecule has 8 aromatic rings. The molecule has 2 aromatic carbocycles. The van der Waals surface area contributed by atoms with Crippen molar-refractivity contribution in [1.82, 2.24) is 50.3 Å². The highest BCUT2D eigenvalue weighted by Gasteiger charge is 2.17. The molecule has 254 valence electrons. The van der Waals surface area contributed by atoms with Gasteiger partial charge in [-0.25, -0.2) is 29.9 Å². The number of para-hydroxylation sites is 1. The maximum absolute atomic E-state index is 5.45. The minimum atomic E-state index is 0.531. The number of nitrogens with one attached hydrogen (secondary N) is 4. The molecule has 0 aliphatic carbocycles. The number of anilines is 4. The van der Waals surface area contributed by atoms with E-state index in [9.17, 15) is 0 Å². The zero-order chi connectivity index (χ0) is 35.2. The summed E-state index contributed by atoms with van der Waals surface area (Å²) in [6.45, 7) is 5.92. The third-order valence-electron chi connectivity index (χ3n) is 7.52. The van der Waals surface area contributed by atoms with Gasteiger partial charge in [0.1, 0.15) is 17.1 Å². The summed E-state index contributed by atoms with van der Waals surface area (Å²) in [6.07, 6.45) is 7.16. The standard InChI is InChI=1S/C18H16N6OS.C18H16N6S/c1-11-7-8-19-17(21-11)23-18-22-14(10-26-18)13-9-20-24-16(13)12-5-3-4-6-15(12)25-2;1-11-4-3-5-13(8-11)16-14(9-20-24-16)15-10-25-18(22-15)23-17-19-7-6-12(2)21-17/h3-10H,1-2H3,(H,20,24)(H,19,21,22,23);3-10H,1-2H3,(H,20,24)(H,19,21,22,23). The Kier molecular flexibility index (Phi) is 9.80. The van der Waals surface area contributed by atoms with Crippen molar-refractivity contribution in [3.63, 3.8) is 0 Å². The van der Waals surface area contributed by atoms with Crippen molar-refractivity contribution in [1.29, 1.82) is 0 Å². The molecule has 6 heterocycles. The third-order valence-corrected chi connectivity index (χ3v) is 9.04. The van der Waals surface area contributed by atoms with Crippen molar-refractivity contribution in [2.24, 2.45) is 0 Å². The lowest BCUT2D eigenvalue weighted by atomic mass is 10.0. The highest BCUT2D eigenvalue weighted by atomic mass is 32.1. The van der Waals surface area contributed by atoms with Crippen LogP contribution in [0.3, 0.4) is 0 Å².